The average molecular weight is 376 g/mol. The van der Waals surface area contributed by atoms with Crippen molar-refractivity contribution in [1.82, 2.24) is 4.98 Å². The summed E-state index contributed by atoms with van der Waals surface area (Å²) >= 11 is 8.06. The van der Waals surface area contributed by atoms with Gasteiger partial charge in [0.15, 0.2) is 11.5 Å². The number of hydrogen-bond acceptors (Lipinski definition) is 5. The largest absolute Gasteiger partial charge is 0.493 e. The van der Waals surface area contributed by atoms with Crippen molar-refractivity contribution in [2.45, 2.75) is 6.92 Å². The van der Waals surface area contributed by atoms with Gasteiger partial charge in [-0.3, -0.25) is 0 Å². The zero-order valence-electron chi connectivity index (χ0n) is 14.2. The van der Waals surface area contributed by atoms with Crippen LogP contribution in [0.1, 0.15) is 17.5 Å². The third kappa shape index (κ3) is 3.72. The third-order valence-corrected chi connectivity index (χ3v) is 5.03. The van der Waals surface area contributed by atoms with Crippen molar-refractivity contribution in [2.24, 2.45) is 0 Å². The molecule has 6 heteroatoms. The molecule has 25 heavy (non-hydrogen) atoms. The first kappa shape index (κ1) is 17.6. The van der Waals surface area contributed by atoms with Gasteiger partial charge in [-0.15, -0.1) is 11.3 Å². The summed E-state index contributed by atoms with van der Waals surface area (Å²) in [4.78, 5) is 4.57. The third-order valence-electron chi connectivity index (χ3n) is 3.56. The highest BCUT2D eigenvalue weighted by atomic mass is 35.5. The van der Waals surface area contributed by atoms with E-state index in [1.165, 1.54) is 0 Å². The fraction of sp³-hybridized carbons (Fsp3) is 0.211. The molecule has 0 saturated heterocycles. The first-order chi connectivity index (χ1) is 12.2. The predicted molar refractivity (Wildman–Crippen MR) is 104 cm³/mol. The summed E-state index contributed by atoms with van der Waals surface area (Å²) in [7, 11) is 3.19. The minimum atomic E-state index is 0.522. The predicted octanol–water partition coefficient (Wildman–Crippen LogP) is 5.45. The molecule has 0 bridgehead atoms. The van der Waals surface area contributed by atoms with E-state index >= 15 is 0 Å². The molecule has 0 radical (unpaired) electrons. The standard InChI is InChI=1S/C19H18ClNO3S/c1-4-24-18-15(22-2)10-12(11-16(18)23-3)9-13(20)19-21-14-7-5-6-8-17(14)25-19/h5-11H,4H2,1-3H3/b13-9-. The molecule has 0 aliphatic rings. The van der Waals surface area contributed by atoms with E-state index in [0.717, 1.165) is 20.8 Å². The fourth-order valence-corrected chi connectivity index (χ4v) is 3.61. The number of aromatic nitrogens is 1. The zero-order chi connectivity index (χ0) is 17.8. The minimum absolute atomic E-state index is 0.522. The molecule has 0 unspecified atom stereocenters. The minimum Gasteiger partial charge on any atom is -0.493 e. The number of benzene rings is 2. The topological polar surface area (TPSA) is 40.6 Å². The molecule has 3 rings (SSSR count). The highest BCUT2D eigenvalue weighted by Crippen LogP contribution is 2.40. The second-order valence-electron chi connectivity index (χ2n) is 5.17. The molecule has 2 aromatic carbocycles. The van der Waals surface area contributed by atoms with Gasteiger partial charge in [0.1, 0.15) is 5.01 Å². The van der Waals surface area contributed by atoms with Gasteiger partial charge in [0.25, 0.3) is 0 Å². The maximum Gasteiger partial charge on any atom is 0.203 e. The maximum absolute atomic E-state index is 6.50. The van der Waals surface area contributed by atoms with Gasteiger partial charge in [-0.05, 0) is 42.8 Å². The van der Waals surface area contributed by atoms with Gasteiger partial charge in [-0.25, -0.2) is 4.98 Å². The van der Waals surface area contributed by atoms with Crippen molar-refractivity contribution in [3.63, 3.8) is 0 Å². The number of fused-ring (bicyclic) bond motifs is 1. The molecule has 1 aromatic heterocycles. The molecule has 3 aromatic rings. The van der Waals surface area contributed by atoms with Crippen molar-refractivity contribution in [2.75, 3.05) is 20.8 Å². The number of nitrogens with zero attached hydrogens (tertiary/aromatic N) is 1. The van der Waals surface area contributed by atoms with Crippen LogP contribution in [-0.4, -0.2) is 25.8 Å². The van der Waals surface area contributed by atoms with E-state index in [1.54, 1.807) is 25.6 Å². The van der Waals surface area contributed by atoms with Crippen molar-refractivity contribution < 1.29 is 14.2 Å². The van der Waals surface area contributed by atoms with E-state index in [2.05, 4.69) is 4.98 Å². The fourth-order valence-electron chi connectivity index (χ4n) is 2.45. The number of rotatable bonds is 6. The Balaban J connectivity index is 2.01. The monoisotopic (exact) mass is 375 g/mol. The quantitative estimate of drug-likeness (QED) is 0.574. The van der Waals surface area contributed by atoms with Crippen molar-refractivity contribution in [3.8, 4) is 17.2 Å². The summed E-state index contributed by atoms with van der Waals surface area (Å²) in [6.45, 7) is 2.44. The number of thiazole rings is 1. The summed E-state index contributed by atoms with van der Waals surface area (Å²) in [5.41, 5.74) is 1.79. The summed E-state index contributed by atoms with van der Waals surface area (Å²) in [6.07, 6.45) is 1.85. The lowest BCUT2D eigenvalue weighted by molar-refractivity contribution is 0.288. The Morgan fingerprint density at radius 1 is 1.16 bits per heavy atom. The summed E-state index contributed by atoms with van der Waals surface area (Å²) in [6, 6.07) is 11.7. The van der Waals surface area contributed by atoms with Gasteiger partial charge in [-0.2, -0.15) is 0 Å². The SMILES string of the molecule is CCOc1c(OC)cc(/C=C(\Cl)c2nc3ccccc3s2)cc1OC. The molecule has 0 amide bonds. The van der Waals surface area contributed by atoms with Crippen LogP contribution in [0.15, 0.2) is 36.4 Å². The van der Waals surface area contributed by atoms with Gasteiger partial charge in [-0.1, -0.05) is 23.7 Å². The molecule has 0 N–H and O–H groups in total. The summed E-state index contributed by atoms with van der Waals surface area (Å²) in [5.74, 6) is 1.78. The lowest BCUT2D eigenvalue weighted by atomic mass is 10.1. The van der Waals surface area contributed by atoms with Crippen LogP contribution in [0.3, 0.4) is 0 Å². The Morgan fingerprint density at radius 2 is 1.84 bits per heavy atom. The molecule has 0 fully saturated rings. The van der Waals surface area contributed by atoms with E-state index in [1.807, 2.05) is 49.4 Å². The Morgan fingerprint density at radius 3 is 2.44 bits per heavy atom. The second-order valence-corrected chi connectivity index (χ2v) is 6.60. The molecule has 1 heterocycles. The molecular formula is C19H18ClNO3S. The molecule has 0 atom stereocenters. The number of halogens is 1. The Hall–Kier alpha value is -2.24. The van der Waals surface area contributed by atoms with E-state index < -0.39 is 0 Å². The first-order valence-electron chi connectivity index (χ1n) is 7.78. The van der Waals surface area contributed by atoms with Crippen LogP contribution < -0.4 is 14.2 Å². The smallest absolute Gasteiger partial charge is 0.203 e. The number of para-hydroxylation sites is 1. The highest BCUT2D eigenvalue weighted by Gasteiger charge is 2.14. The van der Waals surface area contributed by atoms with Crippen molar-refractivity contribution in [1.29, 1.82) is 0 Å². The number of ether oxygens (including phenoxy) is 3. The lowest BCUT2D eigenvalue weighted by Crippen LogP contribution is -1.99. The maximum atomic E-state index is 6.50. The van der Waals surface area contributed by atoms with Crippen LogP contribution in [0.5, 0.6) is 17.2 Å². The molecule has 4 nitrogen and oxygen atoms in total. The van der Waals surface area contributed by atoms with E-state index in [-0.39, 0.29) is 0 Å². The number of methoxy groups -OCH3 is 2. The van der Waals surface area contributed by atoms with E-state index in [4.69, 9.17) is 25.8 Å². The Labute approximate surface area is 155 Å². The molecular weight excluding hydrogens is 358 g/mol. The van der Waals surface area contributed by atoms with Crippen LogP contribution in [0.2, 0.25) is 0 Å². The average Bonchev–Trinajstić information content (AvgIpc) is 3.07. The highest BCUT2D eigenvalue weighted by molar-refractivity contribution is 7.20. The van der Waals surface area contributed by atoms with Crippen LogP contribution in [0.25, 0.3) is 21.3 Å². The molecule has 0 aliphatic heterocycles. The molecule has 0 spiro atoms. The van der Waals surface area contributed by atoms with Crippen LogP contribution in [-0.2, 0) is 0 Å². The van der Waals surface area contributed by atoms with Crippen LogP contribution in [0.4, 0.5) is 0 Å². The Kier molecular flexibility index (Phi) is 5.46. The van der Waals surface area contributed by atoms with Crippen molar-refractivity contribution in [3.05, 3.63) is 47.0 Å². The van der Waals surface area contributed by atoms with E-state index in [0.29, 0.717) is 28.9 Å². The summed E-state index contributed by atoms with van der Waals surface area (Å²) < 4.78 is 17.6. The van der Waals surface area contributed by atoms with Gasteiger partial charge < -0.3 is 14.2 Å². The van der Waals surface area contributed by atoms with Crippen molar-refractivity contribution >= 4 is 44.3 Å². The van der Waals surface area contributed by atoms with E-state index in [9.17, 15) is 0 Å². The zero-order valence-corrected chi connectivity index (χ0v) is 15.8. The molecule has 130 valence electrons. The Bertz CT molecular complexity index is 862. The summed E-state index contributed by atoms with van der Waals surface area (Å²) in [5, 5.41) is 1.34. The van der Waals surface area contributed by atoms with Gasteiger partial charge in [0, 0.05) is 0 Å². The lowest BCUT2D eigenvalue weighted by Gasteiger charge is -2.14. The van der Waals surface area contributed by atoms with Crippen LogP contribution in [0, 0.1) is 0 Å². The van der Waals surface area contributed by atoms with Crippen LogP contribution >= 0.6 is 22.9 Å². The second kappa shape index (κ2) is 7.76. The van der Waals surface area contributed by atoms with Gasteiger partial charge >= 0.3 is 0 Å². The number of hydrogen-bond donors (Lipinski definition) is 0. The normalized spacial score (nSPS) is 11.6. The van der Waals surface area contributed by atoms with Gasteiger partial charge in [0.2, 0.25) is 5.75 Å². The first-order valence-corrected chi connectivity index (χ1v) is 8.97. The molecule has 0 aliphatic carbocycles. The molecule has 0 saturated carbocycles. The van der Waals surface area contributed by atoms with Gasteiger partial charge in [0.05, 0.1) is 36.1 Å².